The fourth-order valence-electron chi connectivity index (χ4n) is 4.57. The SMILES string of the molecule is C=C[C@@H]1CN2CC[C@H]1C[C@H]2[C@H](O)c1cccc2ccc(OC)cc12. The van der Waals surface area contributed by atoms with Gasteiger partial charge >= 0.3 is 0 Å². The molecule has 5 atom stereocenters. The van der Waals surface area contributed by atoms with E-state index in [1.807, 2.05) is 18.2 Å². The molecule has 1 N–H and O–H groups in total. The molecule has 3 saturated heterocycles. The van der Waals surface area contributed by atoms with Gasteiger partial charge in [0.1, 0.15) is 5.75 Å². The van der Waals surface area contributed by atoms with E-state index in [2.05, 4.69) is 35.8 Å². The van der Waals surface area contributed by atoms with E-state index < -0.39 is 6.10 Å². The number of methoxy groups -OCH3 is 1. The number of hydrogen-bond donors (Lipinski definition) is 1. The first-order valence-electron chi connectivity index (χ1n) is 8.82. The van der Waals surface area contributed by atoms with Crippen molar-refractivity contribution in [1.82, 2.24) is 4.90 Å². The number of piperidine rings is 3. The molecule has 0 amide bonds. The first-order chi connectivity index (χ1) is 11.7. The Hall–Kier alpha value is -1.84. The van der Waals surface area contributed by atoms with Gasteiger partial charge in [0.15, 0.2) is 0 Å². The van der Waals surface area contributed by atoms with E-state index in [9.17, 15) is 5.11 Å². The molecule has 1 unspecified atom stereocenters. The van der Waals surface area contributed by atoms with Crippen molar-refractivity contribution in [3.05, 3.63) is 54.6 Å². The lowest BCUT2D eigenvalue weighted by molar-refractivity contribution is -0.0444. The molecule has 3 nitrogen and oxygen atoms in total. The summed E-state index contributed by atoms with van der Waals surface area (Å²) < 4.78 is 5.38. The van der Waals surface area contributed by atoms with Crippen LogP contribution in [0.15, 0.2) is 49.1 Å². The van der Waals surface area contributed by atoms with Crippen LogP contribution in [0, 0.1) is 11.8 Å². The van der Waals surface area contributed by atoms with Crippen molar-refractivity contribution in [2.24, 2.45) is 11.8 Å². The summed E-state index contributed by atoms with van der Waals surface area (Å²) >= 11 is 0. The number of ether oxygens (including phenoxy) is 1. The molecular formula is C21H25NO2. The van der Waals surface area contributed by atoms with Gasteiger partial charge in [-0.05, 0) is 59.7 Å². The Kier molecular flexibility index (Phi) is 4.07. The van der Waals surface area contributed by atoms with Crippen LogP contribution in [0.2, 0.25) is 0 Å². The lowest BCUT2D eigenvalue weighted by Gasteiger charge is -2.50. The molecule has 3 fully saturated rings. The number of fused-ring (bicyclic) bond motifs is 4. The predicted molar refractivity (Wildman–Crippen MR) is 97.2 cm³/mol. The minimum Gasteiger partial charge on any atom is -0.497 e. The van der Waals surface area contributed by atoms with Crippen LogP contribution in [0.3, 0.4) is 0 Å². The summed E-state index contributed by atoms with van der Waals surface area (Å²) in [5.74, 6) is 2.07. The molecule has 24 heavy (non-hydrogen) atoms. The highest BCUT2D eigenvalue weighted by Crippen LogP contribution is 2.42. The molecule has 2 aromatic rings. The third-order valence-electron chi connectivity index (χ3n) is 5.96. The molecule has 0 aliphatic carbocycles. The van der Waals surface area contributed by atoms with Crippen LogP contribution in [-0.2, 0) is 0 Å². The fourth-order valence-corrected chi connectivity index (χ4v) is 4.57. The lowest BCUT2D eigenvalue weighted by atomic mass is 9.73. The van der Waals surface area contributed by atoms with Gasteiger partial charge in [0.05, 0.1) is 13.2 Å². The zero-order valence-corrected chi connectivity index (χ0v) is 14.2. The molecule has 5 rings (SSSR count). The Labute approximate surface area is 143 Å². The monoisotopic (exact) mass is 323 g/mol. The average Bonchev–Trinajstić information content (AvgIpc) is 2.66. The number of benzene rings is 2. The highest BCUT2D eigenvalue weighted by atomic mass is 16.5. The van der Waals surface area contributed by atoms with Crippen molar-refractivity contribution in [3.63, 3.8) is 0 Å². The minimum absolute atomic E-state index is 0.205. The van der Waals surface area contributed by atoms with Crippen LogP contribution >= 0.6 is 0 Å². The van der Waals surface area contributed by atoms with Gasteiger partial charge in [-0.25, -0.2) is 0 Å². The van der Waals surface area contributed by atoms with E-state index in [-0.39, 0.29) is 6.04 Å². The van der Waals surface area contributed by atoms with Gasteiger partial charge in [0, 0.05) is 12.6 Å². The summed E-state index contributed by atoms with van der Waals surface area (Å²) in [6.07, 6.45) is 3.92. The second kappa shape index (κ2) is 6.23. The second-order valence-corrected chi connectivity index (χ2v) is 7.13. The van der Waals surface area contributed by atoms with Gasteiger partial charge in [-0.15, -0.1) is 6.58 Å². The summed E-state index contributed by atoms with van der Waals surface area (Å²) in [6.45, 7) is 6.11. The summed E-state index contributed by atoms with van der Waals surface area (Å²) in [4.78, 5) is 2.45. The van der Waals surface area contributed by atoms with Crippen LogP contribution in [0.25, 0.3) is 10.8 Å². The van der Waals surface area contributed by atoms with Crippen LogP contribution < -0.4 is 4.74 Å². The van der Waals surface area contributed by atoms with Crippen LogP contribution in [0.1, 0.15) is 24.5 Å². The molecule has 2 aromatic carbocycles. The van der Waals surface area contributed by atoms with Gasteiger partial charge in [-0.3, -0.25) is 4.90 Å². The smallest absolute Gasteiger partial charge is 0.119 e. The van der Waals surface area contributed by atoms with Gasteiger partial charge in [0.2, 0.25) is 0 Å². The standard InChI is InChI=1S/C21H25NO2/c1-3-14-13-22-10-9-16(14)11-20(22)21(23)18-6-4-5-15-7-8-17(24-2)12-19(15)18/h3-8,12,14,16,20-21,23H,1,9-11,13H2,2H3/t14-,16+,20+,21-/m1/s1. The van der Waals surface area contributed by atoms with Crippen molar-refractivity contribution in [1.29, 1.82) is 0 Å². The third-order valence-corrected chi connectivity index (χ3v) is 5.96. The third kappa shape index (κ3) is 2.52. The molecule has 126 valence electrons. The van der Waals surface area contributed by atoms with E-state index in [4.69, 9.17) is 4.74 Å². The van der Waals surface area contributed by atoms with Crippen LogP contribution in [0.4, 0.5) is 0 Å². The van der Waals surface area contributed by atoms with Crippen LogP contribution in [0.5, 0.6) is 5.75 Å². The van der Waals surface area contributed by atoms with Gasteiger partial charge < -0.3 is 9.84 Å². The van der Waals surface area contributed by atoms with E-state index in [1.54, 1.807) is 7.11 Å². The average molecular weight is 323 g/mol. The Morgan fingerprint density at radius 3 is 2.92 bits per heavy atom. The number of rotatable bonds is 4. The molecule has 0 saturated carbocycles. The number of nitrogens with zero attached hydrogens (tertiary/aromatic N) is 1. The molecule has 0 spiro atoms. The topological polar surface area (TPSA) is 32.7 Å². The first-order valence-corrected chi connectivity index (χ1v) is 8.82. The Bertz CT molecular complexity index is 757. The van der Waals surface area contributed by atoms with Crippen LogP contribution in [-0.4, -0.2) is 36.2 Å². The summed E-state index contributed by atoms with van der Waals surface area (Å²) in [6, 6.07) is 12.5. The normalized spacial score (nSPS) is 30.2. The van der Waals surface area contributed by atoms with Gasteiger partial charge in [-0.1, -0.05) is 30.3 Å². The quantitative estimate of drug-likeness (QED) is 0.869. The Morgan fingerprint density at radius 2 is 2.21 bits per heavy atom. The molecule has 0 aromatic heterocycles. The van der Waals surface area contributed by atoms with Crippen molar-refractivity contribution < 1.29 is 9.84 Å². The maximum Gasteiger partial charge on any atom is 0.119 e. The summed E-state index contributed by atoms with van der Waals surface area (Å²) in [7, 11) is 1.68. The zero-order chi connectivity index (χ0) is 16.7. The van der Waals surface area contributed by atoms with Crippen molar-refractivity contribution >= 4 is 10.8 Å². The molecule has 3 heteroatoms. The van der Waals surface area contributed by atoms with E-state index in [1.165, 1.54) is 6.42 Å². The van der Waals surface area contributed by atoms with E-state index in [0.29, 0.717) is 11.8 Å². The molecule has 2 bridgehead atoms. The fraction of sp³-hybridized carbons (Fsp3) is 0.429. The molecule has 3 aliphatic heterocycles. The second-order valence-electron chi connectivity index (χ2n) is 7.13. The minimum atomic E-state index is -0.464. The van der Waals surface area contributed by atoms with Crippen molar-refractivity contribution in [2.75, 3.05) is 20.2 Å². The van der Waals surface area contributed by atoms with Gasteiger partial charge in [-0.2, -0.15) is 0 Å². The molecular weight excluding hydrogens is 298 g/mol. The van der Waals surface area contributed by atoms with Crippen molar-refractivity contribution in [3.8, 4) is 5.75 Å². The van der Waals surface area contributed by atoms with Gasteiger partial charge in [0.25, 0.3) is 0 Å². The highest BCUT2D eigenvalue weighted by Gasteiger charge is 2.42. The summed E-state index contributed by atoms with van der Waals surface area (Å²) in [5, 5.41) is 13.4. The Balaban J connectivity index is 1.69. The summed E-state index contributed by atoms with van der Waals surface area (Å²) in [5.41, 5.74) is 1.01. The van der Waals surface area contributed by atoms with Crippen molar-refractivity contribution in [2.45, 2.75) is 25.0 Å². The largest absolute Gasteiger partial charge is 0.497 e. The first kappa shape index (κ1) is 15.7. The van der Waals surface area contributed by atoms with E-state index >= 15 is 0 Å². The highest BCUT2D eigenvalue weighted by molar-refractivity contribution is 5.87. The van der Waals surface area contributed by atoms with E-state index in [0.717, 1.165) is 41.6 Å². The predicted octanol–water partition coefficient (Wildman–Crippen LogP) is 3.78. The molecule has 0 radical (unpaired) electrons. The maximum atomic E-state index is 11.2. The molecule has 3 aliphatic rings. The maximum absolute atomic E-state index is 11.2. The number of aliphatic hydroxyl groups excluding tert-OH is 1. The number of aliphatic hydroxyl groups is 1. The lowest BCUT2D eigenvalue weighted by Crippen LogP contribution is -2.54. The molecule has 3 heterocycles. The zero-order valence-electron chi connectivity index (χ0n) is 14.2. The number of hydrogen-bond acceptors (Lipinski definition) is 3. The Morgan fingerprint density at radius 1 is 1.33 bits per heavy atom.